The quantitative estimate of drug-likeness (QED) is 0.887. The van der Waals surface area contributed by atoms with Crippen molar-refractivity contribution in [3.8, 4) is 6.07 Å². The zero-order valence-corrected chi connectivity index (χ0v) is 10.4. The summed E-state index contributed by atoms with van der Waals surface area (Å²) in [6, 6.07) is 5.94. The number of rotatable bonds is 4. The summed E-state index contributed by atoms with van der Waals surface area (Å²) in [5.41, 5.74) is -0.790. The monoisotopic (exact) mass is 246 g/mol. The van der Waals surface area contributed by atoms with Gasteiger partial charge in [-0.25, -0.2) is 0 Å². The van der Waals surface area contributed by atoms with Gasteiger partial charge in [-0.15, -0.1) is 0 Å². The number of hydrogen-bond acceptors (Lipinski definition) is 3. The molecule has 1 aromatic rings. The molecule has 1 aliphatic rings. The Kier molecular flexibility index (Phi) is 4.03. The highest BCUT2D eigenvalue weighted by atomic mass is 16.3. The van der Waals surface area contributed by atoms with Crippen molar-refractivity contribution in [1.82, 2.24) is 5.32 Å². The van der Waals surface area contributed by atoms with Crippen LogP contribution in [0, 0.1) is 16.7 Å². The van der Waals surface area contributed by atoms with Gasteiger partial charge in [-0.1, -0.05) is 19.3 Å². The van der Waals surface area contributed by atoms with Crippen molar-refractivity contribution in [2.45, 2.75) is 38.5 Å². The third kappa shape index (κ3) is 2.73. The third-order valence-electron chi connectivity index (χ3n) is 3.59. The molecule has 2 rings (SSSR count). The first-order valence-corrected chi connectivity index (χ1v) is 6.49. The second-order valence-electron chi connectivity index (χ2n) is 4.84. The normalized spacial score (nSPS) is 17.9. The first-order chi connectivity index (χ1) is 8.77. The second kappa shape index (κ2) is 5.72. The van der Waals surface area contributed by atoms with Gasteiger partial charge in [0.25, 0.3) is 0 Å². The van der Waals surface area contributed by atoms with Crippen LogP contribution in [-0.2, 0) is 11.2 Å². The fraction of sp³-hybridized carbons (Fsp3) is 0.571. The van der Waals surface area contributed by atoms with E-state index in [0.29, 0.717) is 25.8 Å². The summed E-state index contributed by atoms with van der Waals surface area (Å²) in [7, 11) is 0. The van der Waals surface area contributed by atoms with Crippen LogP contribution in [0.25, 0.3) is 0 Å². The van der Waals surface area contributed by atoms with Crippen LogP contribution in [0.15, 0.2) is 22.8 Å². The van der Waals surface area contributed by atoms with E-state index < -0.39 is 5.41 Å². The van der Waals surface area contributed by atoms with Gasteiger partial charge in [0.15, 0.2) is 0 Å². The molecule has 1 N–H and O–H groups in total. The zero-order chi connectivity index (χ0) is 12.8. The van der Waals surface area contributed by atoms with Crippen LogP contribution in [0.2, 0.25) is 0 Å². The van der Waals surface area contributed by atoms with Gasteiger partial charge in [-0.3, -0.25) is 4.79 Å². The Morgan fingerprint density at radius 3 is 2.83 bits per heavy atom. The molecule has 0 aliphatic heterocycles. The highest BCUT2D eigenvalue weighted by molar-refractivity contribution is 5.85. The summed E-state index contributed by atoms with van der Waals surface area (Å²) in [6.07, 6.45) is 6.74. The molecule has 0 bridgehead atoms. The van der Waals surface area contributed by atoms with Crippen LogP contribution in [0.1, 0.15) is 37.9 Å². The van der Waals surface area contributed by atoms with Crippen molar-refractivity contribution >= 4 is 5.91 Å². The molecular weight excluding hydrogens is 228 g/mol. The number of furan rings is 1. The molecule has 0 radical (unpaired) electrons. The second-order valence-corrected chi connectivity index (χ2v) is 4.84. The Labute approximate surface area is 107 Å². The van der Waals surface area contributed by atoms with Gasteiger partial charge in [-0.05, 0) is 25.0 Å². The molecule has 1 heterocycles. The lowest BCUT2D eigenvalue weighted by atomic mass is 9.74. The average Bonchev–Trinajstić information content (AvgIpc) is 2.92. The molecule has 1 aromatic heterocycles. The van der Waals surface area contributed by atoms with E-state index >= 15 is 0 Å². The number of amides is 1. The standard InChI is InChI=1S/C14H18N2O2/c15-11-14(7-2-1-3-8-14)13(17)16-9-6-12-5-4-10-18-12/h4-5,10H,1-3,6-9H2,(H,16,17). The number of nitriles is 1. The Bertz CT molecular complexity index is 425. The van der Waals surface area contributed by atoms with Crippen molar-refractivity contribution in [2.24, 2.45) is 5.41 Å². The minimum Gasteiger partial charge on any atom is -0.469 e. The smallest absolute Gasteiger partial charge is 0.240 e. The van der Waals surface area contributed by atoms with Crippen LogP contribution in [0.5, 0.6) is 0 Å². The molecule has 18 heavy (non-hydrogen) atoms. The first-order valence-electron chi connectivity index (χ1n) is 6.49. The van der Waals surface area contributed by atoms with E-state index in [9.17, 15) is 10.1 Å². The maximum Gasteiger partial charge on any atom is 0.240 e. The van der Waals surface area contributed by atoms with E-state index in [-0.39, 0.29) is 5.91 Å². The lowest BCUT2D eigenvalue weighted by Crippen LogP contribution is -2.42. The third-order valence-corrected chi connectivity index (χ3v) is 3.59. The van der Waals surface area contributed by atoms with Crippen LogP contribution in [-0.4, -0.2) is 12.5 Å². The van der Waals surface area contributed by atoms with Crippen molar-refractivity contribution in [2.75, 3.05) is 6.54 Å². The Hall–Kier alpha value is -1.76. The van der Waals surface area contributed by atoms with Crippen molar-refractivity contribution in [1.29, 1.82) is 5.26 Å². The predicted octanol–water partition coefficient (Wildman–Crippen LogP) is 2.41. The number of nitrogens with one attached hydrogen (secondary N) is 1. The molecule has 4 nitrogen and oxygen atoms in total. The molecular formula is C14H18N2O2. The SMILES string of the molecule is N#CC1(C(=O)NCCc2ccco2)CCCCC1. The molecule has 1 aliphatic carbocycles. The van der Waals surface area contributed by atoms with Gasteiger partial charge in [0.1, 0.15) is 11.2 Å². The van der Waals surface area contributed by atoms with Crippen LogP contribution in [0.4, 0.5) is 0 Å². The van der Waals surface area contributed by atoms with Crippen molar-refractivity contribution in [3.05, 3.63) is 24.2 Å². The Morgan fingerprint density at radius 2 is 2.22 bits per heavy atom. The molecule has 0 aromatic carbocycles. The molecule has 0 atom stereocenters. The van der Waals surface area contributed by atoms with E-state index in [0.717, 1.165) is 25.0 Å². The van der Waals surface area contributed by atoms with Crippen molar-refractivity contribution in [3.63, 3.8) is 0 Å². The Morgan fingerprint density at radius 1 is 1.44 bits per heavy atom. The maximum absolute atomic E-state index is 12.1. The lowest BCUT2D eigenvalue weighted by molar-refractivity contribution is -0.129. The molecule has 0 saturated heterocycles. The summed E-state index contributed by atoms with van der Waals surface area (Å²) in [4.78, 5) is 12.1. The number of carbonyl (C=O) groups is 1. The van der Waals surface area contributed by atoms with Gasteiger partial charge < -0.3 is 9.73 Å². The molecule has 0 unspecified atom stereocenters. The predicted molar refractivity (Wildman–Crippen MR) is 66.6 cm³/mol. The molecule has 1 amide bonds. The summed E-state index contributed by atoms with van der Waals surface area (Å²) in [5, 5.41) is 12.1. The Balaban J connectivity index is 1.84. The van der Waals surface area contributed by atoms with E-state index in [1.54, 1.807) is 6.26 Å². The largest absolute Gasteiger partial charge is 0.469 e. The molecule has 0 spiro atoms. The summed E-state index contributed by atoms with van der Waals surface area (Å²) >= 11 is 0. The van der Waals surface area contributed by atoms with E-state index in [4.69, 9.17) is 4.42 Å². The minimum atomic E-state index is -0.790. The first kappa shape index (κ1) is 12.7. The van der Waals surface area contributed by atoms with Crippen LogP contribution in [0.3, 0.4) is 0 Å². The van der Waals surface area contributed by atoms with Gasteiger partial charge in [0, 0.05) is 13.0 Å². The molecule has 1 fully saturated rings. The van der Waals surface area contributed by atoms with Gasteiger partial charge >= 0.3 is 0 Å². The molecule has 1 saturated carbocycles. The topological polar surface area (TPSA) is 66.0 Å². The number of nitrogens with zero attached hydrogens (tertiary/aromatic N) is 1. The summed E-state index contributed by atoms with van der Waals surface area (Å²) in [5.74, 6) is 0.737. The summed E-state index contributed by atoms with van der Waals surface area (Å²) < 4.78 is 5.20. The number of carbonyl (C=O) groups excluding carboxylic acids is 1. The summed E-state index contributed by atoms with van der Waals surface area (Å²) in [6.45, 7) is 0.524. The minimum absolute atomic E-state index is 0.115. The van der Waals surface area contributed by atoms with Gasteiger partial charge in [0.2, 0.25) is 5.91 Å². The van der Waals surface area contributed by atoms with Gasteiger partial charge in [0.05, 0.1) is 12.3 Å². The maximum atomic E-state index is 12.1. The fourth-order valence-electron chi connectivity index (χ4n) is 2.47. The number of hydrogen-bond donors (Lipinski definition) is 1. The highest BCUT2D eigenvalue weighted by Crippen LogP contribution is 2.35. The van der Waals surface area contributed by atoms with E-state index in [2.05, 4.69) is 11.4 Å². The van der Waals surface area contributed by atoms with Crippen LogP contribution < -0.4 is 5.32 Å². The molecule has 96 valence electrons. The van der Waals surface area contributed by atoms with Crippen molar-refractivity contribution < 1.29 is 9.21 Å². The van der Waals surface area contributed by atoms with Gasteiger partial charge in [-0.2, -0.15) is 5.26 Å². The lowest BCUT2D eigenvalue weighted by Gasteiger charge is -2.29. The van der Waals surface area contributed by atoms with E-state index in [1.165, 1.54) is 0 Å². The molecule has 4 heteroatoms. The van der Waals surface area contributed by atoms with Crippen LogP contribution >= 0.6 is 0 Å². The average molecular weight is 246 g/mol. The highest BCUT2D eigenvalue weighted by Gasteiger charge is 2.39. The fourth-order valence-corrected chi connectivity index (χ4v) is 2.47. The van der Waals surface area contributed by atoms with E-state index in [1.807, 2.05) is 12.1 Å². The zero-order valence-electron chi connectivity index (χ0n) is 10.4.